The van der Waals surface area contributed by atoms with Crippen molar-refractivity contribution in [2.75, 3.05) is 13.1 Å². The van der Waals surface area contributed by atoms with E-state index < -0.39 is 0 Å². The van der Waals surface area contributed by atoms with E-state index in [-0.39, 0.29) is 5.91 Å². The van der Waals surface area contributed by atoms with Crippen LogP contribution in [0.4, 0.5) is 0 Å². The first-order valence-corrected chi connectivity index (χ1v) is 8.79. The zero-order valence-electron chi connectivity index (χ0n) is 14.1. The van der Waals surface area contributed by atoms with Crippen molar-refractivity contribution in [2.24, 2.45) is 5.92 Å². The van der Waals surface area contributed by atoms with Gasteiger partial charge in [-0.05, 0) is 38.2 Å². The highest BCUT2D eigenvalue weighted by Gasteiger charge is 2.22. The summed E-state index contributed by atoms with van der Waals surface area (Å²) in [7, 11) is 0. The van der Waals surface area contributed by atoms with E-state index in [4.69, 9.17) is 0 Å². The van der Waals surface area contributed by atoms with Crippen LogP contribution in [0.3, 0.4) is 0 Å². The Kier molecular flexibility index (Phi) is 4.94. The molecule has 1 aliphatic carbocycles. The Morgan fingerprint density at radius 1 is 1.35 bits per heavy atom. The molecule has 0 saturated heterocycles. The number of nitrogens with one attached hydrogen (secondary N) is 1. The van der Waals surface area contributed by atoms with E-state index in [1.165, 1.54) is 32.1 Å². The predicted octanol–water partition coefficient (Wildman–Crippen LogP) is 3.70. The van der Waals surface area contributed by atoms with Crippen LogP contribution in [0, 0.1) is 12.8 Å². The number of carbonyl (C=O) groups is 1. The minimum Gasteiger partial charge on any atom is -0.338 e. The molecule has 5 heteroatoms. The van der Waals surface area contributed by atoms with Gasteiger partial charge < -0.3 is 4.90 Å². The predicted molar refractivity (Wildman–Crippen MR) is 91.4 cm³/mol. The van der Waals surface area contributed by atoms with Gasteiger partial charge in [-0.15, -0.1) is 0 Å². The molecule has 0 aliphatic heterocycles. The first-order valence-electron chi connectivity index (χ1n) is 8.79. The van der Waals surface area contributed by atoms with Crippen molar-refractivity contribution in [1.29, 1.82) is 0 Å². The highest BCUT2D eigenvalue weighted by Crippen LogP contribution is 2.25. The van der Waals surface area contributed by atoms with Gasteiger partial charge in [-0.1, -0.05) is 26.2 Å². The summed E-state index contributed by atoms with van der Waals surface area (Å²) in [6, 6.07) is 1.92. The number of aromatic nitrogens is 3. The van der Waals surface area contributed by atoms with Crippen LogP contribution in [0.5, 0.6) is 0 Å². The molecule has 124 valence electrons. The second-order valence-electron chi connectivity index (χ2n) is 6.70. The van der Waals surface area contributed by atoms with Crippen LogP contribution in [-0.2, 0) is 0 Å². The number of aromatic amines is 1. The Labute approximate surface area is 137 Å². The van der Waals surface area contributed by atoms with Gasteiger partial charge in [0.15, 0.2) is 5.65 Å². The fraction of sp³-hybridized carbons (Fsp3) is 0.611. The Bertz CT molecular complexity index is 673. The Morgan fingerprint density at radius 3 is 2.87 bits per heavy atom. The lowest BCUT2D eigenvalue weighted by molar-refractivity contribution is 0.0713. The summed E-state index contributed by atoms with van der Waals surface area (Å²) >= 11 is 0. The highest BCUT2D eigenvalue weighted by atomic mass is 16.2. The number of hydrogen-bond donors (Lipinski definition) is 1. The van der Waals surface area contributed by atoms with Crippen LogP contribution in [0.15, 0.2) is 12.3 Å². The lowest BCUT2D eigenvalue weighted by atomic mass is 9.89. The average Bonchev–Trinajstić information content (AvgIpc) is 2.95. The van der Waals surface area contributed by atoms with Crippen LogP contribution in [0.1, 0.15) is 61.5 Å². The molecule has 0 radical (unpaired) electrons. The molecule has 1 saturated carbocycles. The van der Waals surface area contributed by atoms with Gasteiger partial charge in [0, 0.05) is 30.4 Å². The van der Waals surface area contributed by atoms with Crippen molar-refractivity contribution < 1.29 is 4.79 Å². The van der Waals surface area contributed by atoms with Crippen molar-refractivity contribution in [1.82, 2.24) is 20.1 Å². The number of rotatable bonds is 5. The van der Waals surface area contributed by atoms with Crippen LogP contribution in [-0.4, -0.2) is 39.1 Å². The van der Waals surface area contributed by atoms with Crippen molar-refractivity contribution in [2.45, 2.75) is 52.4 Å². The summed E-state index contributed by atoms with van der Waals surface area (Å²) < 4.78 is 0. The topological polar surface area (TPSA) is 61.9 Å². The minimum atomic E-state index is 0.104. The third-order valence-electron chi connectivity index (χ3n) is 4.83. The van der Waals surface area contributed by atoms with E-state index in [9.17, 15) is 4.79 Å². The fourth-order valence-electron chi connectivity index (χ4n) is 3.55. The highest BCUT2D eigenvalue weighted by molar-refractivity contribution is 5.97. The fourth-order valence-corrected chi connectivity index (χ4v) is 3.55. The van der Waals surface area contributed by atoms with Gasteiger partial charge in [0.1, 0.15) is 0 Å². The third-order valence-corrected chi connectivity index (χ3v) is 4.83. The first-order chi connectivity index (χ1) is 11.2. The zero-order valence-corrected chi connectivity index (χ0v) is 14.1. The van der Waals surface area contributed by atoms with E-state index >= 15 is 0 Å². The van der Waals surface area contributed by atoms with E-state index in [1.807, 2.05) is 17.9 Å². The van der Waals surface area contributed by atoms with E-state index in [2.05, 4.69) is 22.1 Å². The molecule has 1 amide bonds. The average molecular weight is 314 g/mol. The summed E-state index contributed by atoms with van der Waals surface area (Å²) in [5.74, 6) is 0.763. The van der Waals surface area contributed by atoms with Crippen LogP contribution in [0.2, 0.25) is 0 Å². The molecule has 23 heavy (non-hydrogen) atoms. The molecule has 5 nitrogen and oxygen atoms in total. The largest absolute Gasteiger partial charge is 0.338 e. The summed E-state index contributed by atoms with van der Waals surface area (Å²) in [5.41, 5.74) is 2.30. The number of pyridine rings is 1. The molecule has 3 rings (SSSR count). The molecule has 0 unspecified atom stereocenters. The molecular weight excluding hydrogens is 288 g/mol. The zero-order chi connectivity index (χ0) is 16.2. The summed E-state index contributed by atoms with van der Waals surface area (Å²) in [6.45, 7) is 5.78. The second-order valence-corrected chi connectivity index (χ2v) is 6.70. The Morgan fingerprint density at radius 2 is 2.13 bits per heavy atom. The number of H-pyrrole nitrogens is 1. The molecular formula is C18H26N4O. The molecule has 1 N–H and O–H groups in total. The smallest absolute Gasteiger partial charge is 0.255 e. The number of nitrogens with zero attached hydrogens (tertiary/aromatic N) is 3. The van der Waals surface area contributed by atoms with Crippen molar-refractivity contribution in [3.8, 4) is 0 Å². The first kappa shape index (κ1) is 16.0. The van der Waals surface area contributed by atoms with Gasteiger partial charge in [0.25, 0.3) is 5.91 Å². The number of amides is 1. The molecule has 2 aromatic heterocycles. The molecule has 0 aromatic carbocycles. The van der Waals surface area contributed by atoms with Crippen molar-refractivity contribution >= 4 is 16.9 Å². The molecule has 2 aromatic rings. The van der Waals surface area contributed by atoms with Gasteiger partial charge in [-0.25, -0.2) is 4.98 Å². The molecule has 2 heterocycles. The third kappa shape index (κ3) is 3.54. The van der Waals surface area contributed by atoms with Gasteiger partial charge in [-0.2, -0.15) is 5.10 Å². The van der Waals surface area contributed by atoms with Crippen LogP contribution in [0.25, 0.3) is 11.0 Å². The quantitative estimate of drug-likeness (QED) is 0.915. The van der Waals surface area contributed by atoms with Crippen molar-refractivity contribution in [3.63, 3.8) is 0 Å². The Hall–Kier alpha value is -1.91. The molecule has 1 aliphatic rings. The number of aryl methyl sites for hydroxylation is 1. The standard InChI is InChI=1S/C18H26N4O/c1-3-9-22(12-14-7-5-4-6-8-14)18(23)15-10-16-13(2)20-21-17(16)19-11-15/h10-11,14H,3-9,12H2,1-2H3,(H,19,20,21). The number of hydrogen-bond acceptors (Lipinski definition) is 3. The van der Waals surface area contributed by atoms with Gasteiger partial charge in [-0.3, -0.25) is 9.89 Å². The van der Waals surface area contributed by atoms with E-state index in [0.29, 0.717) is 17.1 Å². The lowest BCUT2D eigenvalue weighted by Crippen LogP contribution is -2.36. The normalized spacial score (nSPS) is 15.9. The SMILES string of the molecule is CCCN(CC1CCCCC1)C(=O)c1cnc2n[nH]c(C)c2c1. The van der Waals surface area contributed by atoms with Crippen LogP contribution < -0.4 is 0 Å². The lowest BCUT2D eigenvalue weighted by Gasteiger charge is -2.29. The number of carbonyl (C=O) groups excluding carboxylic acids is 1. The molecule has 0 spiro atoms. The molecule has 0 bridgehead atoms. The van der Waals surface area contributed by atoms with E-state index in [1.54, 1.807) is 6.20 Å². The van der Waals surface area contributed by atoms with Crippen molar-refractivity contribution in [3.05, 3.63) is 23.5 Å². The minimum absolute atomic E-state index is 0.104. The monoisotopic (exact) mass is 314 g/mol. The second kappa shape index (κ2) is 7.11. The molecule has 0 atom stereocenters. The van der Waals surface area contributed by atoms with Gasteiger partial charge in [0.2, 0.25) is 0 Å². The van der Waals surface area contributed by atoms with Crippen LogP contribution >= 0.6 is 0 Å². The summed E-state index contributed by atoms with van der Waals surface area (Å²) in [5, 5.41) is 7.99. The summed E-state index contributed by atoms with van der Waals surface area (Å²) in [4.78, 5) is 19.3. The maximum absolute atomic E-state index is 12.9. The maximum atomic E-state index is 12.9. The Balaban J connectivity index is 1.79. The summed E-state index contributed by atoms with van der Waals surface area (Å²) in [6.07, 6.45) is 9.12. The number of fused-ring (bicyclic) bond motifs is 1. The van der Waals surface area contributed by atoms with Gasteiger partial charge in [0.05, 0.1) is 5.56 Å². The molecule has 1 fully saturated rings. The maximum Gasteiger partial charge on any atom is 0.255 e. The van der Waals surface area contributed by atoms with E-state index in [0.717, 1.165) is 30.6 Å². The van der Waals surface area contributed by atoms with Gasteiger partial charge >= 0.3 is 0 Å².